The average Bonchev–Trinajstić information content (AvgIpc) is 3.41. The molecule has 32 heavy (non-hydrogen) atoms. The molecule has 0 radical (unpaired) electrons. The highest BCUT2D eigenvalue weighted by atomic mass is 32.1. The van der Waals surface area contributed by atoms with Crippen molar-refractivity contribution >= 4 is 42.2 Å². The fourth-order valence-corrected chi connectivity index (χ4v) is 5.34. The summed E-state index contributed by atoms with van der Waals surface area (Å²) in [6.45, 7) is 9.31. The molecule has 1 aliphatic heterocycles. The Morgan fingerprint density at radius 2 is 2.22 bits per heavy atom. The van der Waals surface area contributed by atoms with Crippen LogP contribution in [0.1, 0.15) is 12.8 Å². The number of aromatic nitrogens is 3. The second-order valence-electron chi connectivity index (χ2n) is 9.47. The van der Waals surface area contributed by atoms with Crippen molar-refractivity contribution in [1.29, 1.82) is 0 Å². The lowest BCUT2D eigenvalue weighted by molar-refractivity contribution is 0.0899. The monoisotopic (exact) mass is 473 g/mol. The van der Waals surface area contributed by atoms with Crippen molar-refractivity contribution in [2.45, 2.75) is 51.3 Å². The highest BCUT2D eigenvalue weighted by Gasteiger charge is 2.25. The van der Waals surface area contributed by atoms with Gasteiger partial charge in [0.05, 0.1) is 11.3 Å². The number of amides is 1. The smallest absolute Gasteiger partial charge is 0.407 e. The predicted octanol–water partition coefficient (Wildman–Crippen LogP) is 5.03. The molecule has 3 aromatic heterocycles. The minimum absolute atomic E-state index is 0.0421. The third kappa shape index (κ3) is 5.30. The van der Waals surface area contributed by atoms with Crippen LogP contribution in [-0.2, 0) is 11.5 Å². The first-order valence-corrected chi connectivity index (χ1v) is 15.6. The van der Waals surface area contributed by atoms with Crippen LogP contribution >= 0.6 is 11.3 Å². The van der Waals surface area contributed by atoms with Crippen LogP contribution in [0.3, 0.4) is 0 Å². The van der Waals surface area contributed by atoms with Gasteiger partial charge in [0.15, 0.2) is 0 Å². The van der Waals surface area contributed by atoms with Crippen LogP contribution in [0, 0.1) is 0 Å². The molecule has 4 rings (SSSR count). The van der Waals surface area contributed by atoms with Crippen molar-refractivity contribution in [3.63, 3.8) is 0 Å². The summed E-state index contributed by atoms with van der Waals surface area (Å²) in [7, 11) is -1.13. The van der Waals surface area contributed by atoms with Gasteiger partial charge in [-0.3, -0.25) is 0 Å². The molecule has 0 aromatic carbocycles. The SMILES string of the molecule is C[Si](C)(C)CCOCn1ccc2c(N[C@@H]3CCCN(C(=O)O)C3)c(-c3nccs3)cnc21. The number of fused-ring (bicyclic) bond motifs is 1. The summed E-state index contributed by atoms with van der Waals surface area (Å²) in [5.74, 6) is 0. The van der Waals surface area contributed by atoms with E-state index in [0.717, 1.165) is 52.8 Å². The van der Waals surface area contributed by atoms with Crippen LogP contribution in [0.4, 0.5) is 10.5 Å². The molecule has 3 aromatic rings. The number of carboxylic acid groups (broad SMARTS) is 1. The van der Waals surface area contributed by atoms with Gasteiger partial charge in [-0.25, -0.2) is 14.8 Å². The lowest BCUT2D eigenvalue weighted by atomic mass is 10.0. The Kier molecular flexibility index (Phi) is 6.82. The molecule has 0 bridgehead atoms. The van der Waals surface area contributed by atoms with Crippen molar-refractivity contribution in [1.82, 2.24) is 19.4 Å². The Morgan fingerprint density at radius 3 is 2.94 bits per heavy atom. The van der Waals surface area contributed by atoms with Crippen molar-refractivity contribution < 1.29 is 14.6 Å². The summed E-state index contributed by atoms with van der Waals surface area (Å²) in [6.07, 6.45) is 6.56. The second-order valence-corrected chi connectivity index (χ2v) is 16.0. The van der Waals surface area contributed by atoms with Crippen molar-refractivity contribution in [2.24, 2.45) is 0 Å². The van der Waals surface area contributed by atoms with Crippen LogP contribution in [0.25, 0.3) is 21.6 Å². The number of anilines is 1. The summed E-state index contributed by atoms with van der Waals surface area (Å²) in [6, 6.07) is 3.23. The Labute approximate surface area is 193 Å². The molecule has 172 valence electrons. The number of hydrogen-bond acceptors (Lipinski definition) is 6. The number of rotatable bonds is 8. The molecular weight excluding hydrogens is 442 g/mol. The van der Waals surface area contributed by atoms with Crippen LogP contribution in [0.5, 0.6) is 0 Å². The maximum Gasteiger partial charge on any atom is 0.407 e. The van der Waals surface area contributed by atoms with Crippen molar-refractivity contribution in [3.8, 4) is 10.6 Å². The van der Waals surface area contributed by atoms with E-state index in [2.05, 4.69) is 36.0 Å². The Balaban J connectivity index is 1.60. The quantitative estimate of drug-likeness (QED) is 0.352. The molecule has 0 saturated carbocycles. The summed E-state index contributed by atoms with van der Waals surface area (Å²) in [5.41, 5.74) is 2.76. The van der Waals surface area contributed by atoms with Crippen LogP contribution in [-0.4, -0.2) is 64.4 Å². The zero-order valence-corrected chi connectivity index (χ0v) is 20.7. The van der Waals surface area contributed by atoms with Gasteiger partial charge >= 0.3 is 6.09 Å². The molecule has 1 aliphatic rings. The zero-order valence-electron chi connectivity index (χ0n) is 18.9. The molecule has 8 nitrogen and oxygen atoms in total. The first-order chi connectivity index (χ1) is 15.3. The fourth-order valence-electron chi connectivity index (χ4n) is 3.93. The molecule has 0 spiro atoms. The number of nitrogens with zero attached hydrogens (tertiary/aromatic N) is 4. The highest BCUT2D eigenvalue weighted by molar-refractivity contribution is 7.13. The van der Waals surface area contributed by atoms with Crippen molar-refractivity contribution in [3.05, 3.63) is 30.0 Å². The summed E-state index contributed by atoms with van der Waals surface area (Å²) < 4.78 is 7.98. The predicted molar refractivity (Wildman–Crippen MR) is 131 cm³/mol. The summed E-state index contributed by atoms with van der Waals surface area (Å²) >= 11 is 1.57. The Morgan fingerprint density at radius 1 is 1.38 bits per heavy atom. The lowest BCUT2D eigenvalue weighted by Gasteiger charge is -2.32. The first kappa shape index (κ1) is 22.7. The maximum absolute atomic E-state index is 11.5. The van der Waals surface area contributed by atoms with E-state index in [4.69, 9.17) is 9.72 Å². The third-order valence-corrected chi connectivity index (χ3v) is 8.23. The number of carbonyl (C=O) groups is 1. The van der Waals surface area contributed by atoms with E-state index in [9.17, 15) is 9.90 Å². The van der Waals surface area contributed by atoms with E-state index >= 15 is 0 Å². The maximum atomic E-state index is 11.5. The van der Waals surface area contributed by atoms with Crippen LogP contribution in [0.2, 0.25) is 25.7 Å². The molecule has 10 heteroatoms. The van der Waals surface area contributed by atoms with Crippen molar-refractivity contribution in [2.75, 3.05) is 25.0 Å². The van der Waals surface area contributed by atoms with E-state index in [1.54, 1.807) is 17.5 Å². The number of pyridine rings is 1. The van der Waals surface area contributed by atoms with Gasteiger partial charge in [-0.15, -0.1) is 11.3 Å². The average molecular weight is 474 g/mol. The van der Waals surface area contributed by atoms with E-state index in [1.807, 2.05) is 22.3 Å². The normalized spacial score (nSPS) is 17.1. The molecule has 0 aliphatic carbocycles. The summed E-state index contributed by atoms with van der Waals surface area (Å²) in [4.78, 5) is 22.2. The van der Waals surface area contributed by atoms with Crippen LogP contribution < -0.4 is 5.32 Å². The largest absolute Gasteiger partial charge is 0.465 e. The minimum atomic E-state index is -1.13. The highest BCUT2D eigenvalue weighted by Crippen LogP contribution is 2.36. The van der Waals surface area contributed by atoms with Gasteiger partial charge in [0.2, 0.25) is 0 Å². The molecule has 1 fully saturated rings. The van der Waals surface area contributed by atoms with E-state index in [-0.39, 0.29) is 6.04 Å². The van der Waals surface area contributed by atoms with Gasteiger partial charge in [0.1, 0.15) is 17.4 Å². The fraction of sp³-hybridized carbons (Fsp3) is 0.500. The van der Waals surface area contributed by atoms with E-state index in [1.165, 1.54) is 4.90 Å². The molecule has 0 unspecified atom stereocenters. The minimum Gasteiger partial charge on any atom is -0.465 e. The lowest BCUT2D eigenvalue weighted by Crippen LogP contribution is -2.44. The first-order valence-electron chi connectivity index (χ1n) is 11.0. The van der Waals surface area contributed by atoms with Crippen LogP contribution in [0.15, 0.2) is 30.0 Å². The van der Waals surface area contributed by atoms with Gasteiger partial charge < -0.3 is 24.6 Å². The number of piperidine rings is 1. The van der Waals surface area contributed by atoms with E-state index < -0.39 is 14.2 Å². The summed E-state index contributed by atoms with van der Waals surface area (Å²) in [5, 5.41) is 16.9. The van der Waals surface area contributed by atoms with Gasteiger partial charge in [0, 0.05) is 63.2 Å². The standard InChI is InChI=1S/C22H31N5O3SSi/c1-32(2,3)12-10-30-15-27-9-6-17-19(25-16-5-4-8-26(14-16)22(28)29)18(13-24-20(17)27)21-23-7-11-31-21/h6-7,9,11,13,16H,4-5,8,10,12,14-15H2,1-3H3,(H,24,25)(H,28,29)/t16-/m1/s1. The Hall–Kier alpha value is -2.43. The van der Waals surface area contributed by atoms with Gasteiger partial charge in [-0.2, -0.15) is 0 Å². The molecular formula is C22H31N5O3SSi. The van der Waals surface area contributed by atoms with Gasteiger partial charge in [-0.05, 0) is 25.0 Å². The number of ether oxygens (including phenoxy) is 1. The Bertz CT molecular complexity index is 1060. The molecule has 1 amide bonds. The molecule has 4 heterocycles. The van der Waals surface area contributed by atoms with Gasteiger partial charge in [-0.1, -0.05) is 19.6 Å². The zero-order chi connectivity index (χ0) is 22.7. The second kappa shape index (κ2) is 9.59. The van der Waals surface area contributed by atoms with E-state index in [0.29, 0.717) is 19.8 Å². The number of likely N-dealkylation sites (tertiary alicyclic amines) is 1. The number of hydrogen-bond donors (Lipinski definition) is 2. The molecule has 1 atom stereocenters. The molecule has 1 saturated heterocycles. The number of thiazole rings is 1. The topological polar surface area (TPSA) is 92.5 Å². The third-order valence-electron chi connectivity index (χ3n) is 5.72. The number of nitrogens with one attached hydrogen (secondary N) is 1. The molecule has 2 N–H and O–H groups in total. The van der Waals surface area contributed by atoms with Gasteiger partial charge in [0.25, 0.3) is 0 Å².